The maximum absolute atomic E-state index is 13.2. The number of rotatable bonds is 6. The highest BCUT2D eigenvalue weighted by Gasteiger charge is 2.34. The van der Waals surface area contributed by atoms with Crippen molar-refractivity contribution in [1.29, 1.82) is 0 Å². The topological polar surface area (TPSA) is 123 Å². The van der Waals surface area contributed by atoms with E-state index < -0.39 is 15.7 Å². The summed E-state index contributed by atoms with van der Waals surface area (Å²) in [5.41, 5.74) is 6.21. The lowest BCUT2D eigenvalue weighted by atomic mass is 10.2. The van der Waals surface area contributed by atoms with E-state index in [0.717, 1.165) is 11.3 Å². The molecule has 8 nitrogen and oxygen atoms in total. The van der Waals surface area contributed by atoms with Crippen molar-refractivity contribution >= 4 is 48.0 Å². The molecule has 0 radical (unpaired) electrons. The number of nitrogens with two attached hydrogens (primary N) is 1. The van der Waals surface area contributed by atoms with Gasteiger partial charge in [0.05, 0.1) is 27.9 Å². The molecule has 0 unspecified atom stereocenters. The Morgan fingerprint density at radius 3 is 2.59 bits per heavy atom. The van der Waals surface area contributed by atoms with Gasteiger partial charge in [-0.05, 0) is 51.8 Å². The average molecular weight is 498 g/mol. The number of methoxy groups -OCH3 is 1. The summed E-state index contributed by atoms with van der Waals surface area (Å²) in [6.07, 6.45) is 3.04. The maximum Gasteiger partial charge on any atom is 0.281 e. The van der Waals surface area contributed by atoms with Crippen LogP contribution in [0.2, 0.25) is 0 Å². The van der Waals surface area contributed by atoms with Gasteiger partial charge >= 0.3 is 0 Å². The fourth-order valence-corrected chi connectivity index (χ4v) is 6.55. The zero-order valence-electron chi connectivity index (χ0n) is 15.1. The molecule has 0 aliphatic rings. The zero-order chi connectivity index (χ0) is 21.2. The normalized spacial score (nSPS) is 11.3. The van der Waals surface area contributed by atoms with Crippen molar-refractivity contribution in [2.45, 2.75) is 16.3 Å². The smallest absolute Gasteiger partial charge is 0.281 e. The van der Waals surface area contributed by atoms with E-state index in [1.54, 1.807) is 18.3 Å². The fourth-order valence-electron chi connectivity index (χ4n) is 2.58. The number of anilines is 1. The molecule has 3 N–H and O–H groups in total. The number of hydrogen-bond donors (Lipinski definition) is 2. The van der Waals surface area contributed by atoms with Gasteiger partial charge < -0.3 is 10.5 Å². The van der Waals surface area contributed by atoms with Gasteiger partial charge in [0.15, 0.2) is 0 Å². The molecule has 0 saturated heterocycles. The molecule has 0 saturated carbocycles. The van der Waals surface area contributed by atoms with Gasteiger partial charge in [-0.3, -0.25) is 15.0 Å². The van der Waals surface area contributed by atoms with Crippen LogP contribution in [0, 0.1) is 0 Å². The standard InChI is InChI=1S/C18H16BrN3O5S2/c1-27-12-4-6-13(7-5-12)29(25,26)15-14(17(20)28-16(15)19)18(23)22(24)10-11-3-2-8-21-9-11/h2-9,24H,10,20H2,1H3. The van der Waals surface area contributed by atoms with Crippen LogP contribution >= 0.6 is 27.3 Å². The number of carbonyl (C=O) groups excluding carboxylic acids is 1. The Hall–Kier alpha value is -2.47. The number of hydrogen-bond acceptors (Lipinski definition) is 8. The highest BCUT2D eigenvalue weighted by atomic mass is 79.9. The predicted octanol–water partition coefficient (Wildman–Crippen LogP) is 3.36. The lowest BCUT2D eigenvalue weighted by Crippen LogP contribution is -2.28. The second-order valence-electron chi connectivity index (χ2n) is 5.85. The Morgan fingerprint density at radius 2 is 2.00 bits per heavy atom. The summed E-state index contributed by atoms with van der Waals surface area (Å²) in [7, 11) is -2.63. The van der Waals surface area contributed by atoms with Crippen molar-refractivity contribution in [3.05, 3.63) is 63.7 Å². The van der Waals surface area contributed by atoms with Gasteiger partial charge in [0.25, 0.3) is 5.91 Å². The molecule has 1 amide bonds. The van der Waals surface area contributed by atoms with E-state index in [1.165, 1.54) is 37.6 Å². The first-order chi connectivity index (χ1) is 13.8. The minimum atomic E-state index is -4.10. The van der Waals surface area contributed by atoms with Gasteiger partial charge in [-0.2, -0.15) is 0 Å². The number of benzene rings is 1. The molecule has 2 aromatic heterocycles. The van der Waals surface area contributed by atoms with E-state index in [-0.39, 0.29) is 30.7 Å². The lowest BCUT2D eigenvalue weighted by molar-refractivity contribution is -0.0650. The summed E-state index contributed by atoms with van der Waals surface area (Å²) in [5, 5.41) is 10.6. The first-order valence-corrected chi connectivity index (χ1v) is 11.2. The molecular weight excluding hydrogens is 482 g/mol. The molecule has 1 aromatic carbocycles. The van der Waals surface area contributed by atoms with Crippen molar-refractivity contribution in [3.8, 4) is 5.75 Å². The van der Waals surface area contributed by atoms with Crippen molar-refractivity contribution in [2.24, 2.45) is 0 Å². The fraction of sp³-hybridized carbons (Fsp3) is 0.111. The highest BCUT2D eigenvalue weighted by molar-refractivity contribution is 9.11. The Bertz CT molecular complexity index is 1130. The monoisotopic (exact) mass is 497 g/mol. The molecule has 3 aromatic rings. The third kappa shape index (κ3) is 4.27. The molecule has 0 spiro atoms. The molecule has 0 aliphatic heterocycles. The van der Waals surface area contributed by atoms with Crippen LogP contribution in [0.15, 0.2) is 62.4 Å². The molecule has 2 heterocycles. The van der Waals surface area contributed by atoms with Crippen molar-refractivity contribution < 1.29 is 23.2 Å². The first kappa shape index (κ1) is 21.2. The minimum absolute atomic E-state index is 0.0285. The van der Waals surface area contributed by atoms with E-state index in [1.807, 2.05) is 0 Å². The second kappa shape index (κ2) is 8.49. The van der Waals surface area contributed by atoms with E-state index in [4.69, 9.17) is 10.5 Å². The number of nitrogens with zero attached hydrogens (tertiary/aromatic N) is 2. The number of sulfone groups is 1. The Labute approximate surface area is 179 Å². The van der Waals surface area contributed by atoms with Crippen LogP contribution in [0.4, 0.5) is 5.00 Å². The van der Waals surface area contributed by atoms with Gasteiger partial charge in [-0.15, -0.1) is 11.3 Å². The maximum atomic E-state index is 13.2. The van der Waals surface area contributed by atoms with Crippen LogP contribution in [0.1, 0.15) is 15.9 Å². The summed E-state index contributed by atoms with van der Waals surface area (Å²) in [4.78, 5) is 16.4. The molecule has 3 rings (SSSR count). The summed E-state index contributed by atoms with van der Waals surface area (Å²) < 4.78 is 31.6. The quantitative estimate of drug-likeness (QED) is 0.395. The highest BCUT2D eigenvalue weighted by Crippen LogP contribution is 2.41. The van der Waals surface area contributed by atoms with Crippen LogP contribution in [0.25, 0.3) is 0 Å². The van der Waals surface area contributed by atoms with Gasteiger partial charge in [-0.25, -0.2) is 13.5 Å². The SMILES string of the molecule is COc1ccc(S(=O)(=O)c2c(Br)sc(N)c2C(=O)N(O)Cc2cccnc2)cc1. The largest absolute Gasteiger partial charge is 0.497 e. The molecule has 0 bridgehead atoms. The van der Waals surface area contributed by atoms with Crippen molar-refractivity contribution in [2.75, 3.05) is 12.8 Å². The number of amides is 1. The van der Waals surface area contributed by atoms with Crippen LogP contribution in [0.5, 0.6) is 5.75 Å². The lowest BCUT2D eigenvalue weighted by Gasteiger charge is -2.16. The van der Waals surface area contributed by atoms with Gasteiger partial charge in [-0.1, -0.05) is 6.07 Å². The van der Waals surface area contributed by atoms with E-state index >= 15 is 0 Å². The van der Waals surface area contributed by atoms with Crippen molar-refractivity contribution in [1.82, 2.24) is 10.0 Å². The summed E-state index contributed by atoms with van der Waals surface area (Å²) in [6, 6.07) is 9.07. The molecule has 0 fully saturated rings. The third-order valence-corrected chi connectivity index (χ3v) is 7.91. The third-order valence-electron chi connectivity index (χ3n) is 3.99. The Balaban J connectivity index is 2.02. The molecular formula is C18H16BrN3O5S2. The Kier molecular flexibility index (Phi) is 6.22. The number of nitrogen functional groups attached to an aromatic ring is 1. The van der Waals surface area contributed by atoms with Crippen molar-refractivity contribution in [3.63, 3.8) is 0 Å². The molecule has 0 aliphatic carbocycles. The molecule has 0 atom stereocenters. The first-order valence-electron chi connectivity index (χ1n) is 8.12. The predicted molar refractivity (Wildman–Crippen MR) is 111 cm³/mol. The van der Waals surface area contributed by atoms with Crippen LogP contribution in [0.3, 0.4) is 0 Å². The number of pyridine rings is 1. The van der Waals surface area contributed by atoms with Crippen LogP contribution < -0.4 is 10.5 Å². The van der Waals surface area contributed by atoms with E-state index in [9.17, 15) is 18.4 Å². The second-order valence-corrected chi connectivity index (χ2v) is 10.1. The molecule has 152 valence electrons. The number of halogens is 1. The summed E-state index contributed by atoms with van der Waals surface area (Å²) in [6.45, 7) is -0.179. The zero-order valence-corrected chi connectivity index (χ0v) is 18.3. The van der Waals surface area contributed by atoms with Crippen LogP contribution in [-0.4, -0.2) is 36.7 Å². The van der Waals surface area contributed by atoms with E-state index in [2.05, 4.69) is 20.9 Å². The number of carbonyl (C=O) groups is 1. The number of aromatic nitrogens is 1. The number of thiophene rings is 1. The number of hydroxylamine groups is 2. The van der Waals surface area contributed by atoms with Gasteiger partial charge in [0.2, 0.25) is 9.84 Å². The summed E-state index contributed by atoms with van der Waals surface area (Å²) >= 11 is 4.08. The number of ether oxygens (including phenoxy) is 1. The van der Waals surface area contributed by atoms with Crippen LogP contribution in [-0.2, 0) is 16.4 Å². The average Bonchev–Trinajstić information content (AvgIpc) is 3.02. The Morgan fingerprint density at radius 1 is 1.31 bits per heavy atom. The molecule has 29 heavy (non-hydrogen) atoms. The van der Waals surface area contributed by atoms with Gasteiger partial charge in [0.1, 0.15) is 15.6 Å². The van der Waals surface area contributed by atoms with Gasteiger partial charge in [0, 0.05) is 12.4 Å². The summed E-state index contributed by atoms with van der Waals surface area (Å²) in [5.74, 6) is -0.442. The molecule has 11 heteroatoms. The minimum Gasteiger partial charge on any atom is -0.497 e. The van der Waals surface area contributed by atoms with E-state index in [0.29, 0.717) is 16.4 Å².